The Hall–Kier alpha value is -2.02. The second-order valence-corrected chi connectivity index (χ2v) is 3.59. The molecule has 1 aromatic carbocycles. The van der Waals surface area contributed by atoms with Gasteiger partial charge >= 0.3 is 0 Å². The fourth-order valence-electron chi connectivity index (χ4n) is 1.40. The average molecular weight is 232 g/mol. The van der Waals surface area contributed by atoms with Crippen LogP contribution in [0, 0.1) is 11.3 Å². The van der Waals surface area contributed by atoms with Crippen LogP contribution in [0.2, 0.25) is 0 Å². The number of amides is 1. The summed E-state index contributed by atoms with van der Waals surface area (Å²) in [7, 11) is 1.69. The molecule has 4 nitrogen and oxygen atoms in total. The van der Waals surface area contributed by atoms with Crippen LogP contribution < -0.4 is 4.74 Å². The summed E-state index contributed by atoms with van der Waals surface area (Å²) in [6, 6.07) is 9.03. The molecule has 90 valence electrons. The van der Waals surface area contributed by atoms with Crippen molar-refractivity contribution in [3.05, 3.63) is 29.8 Å². The Balaban J connectivity index is 2.66. The highest BCUT2D eigenvalue weighted by atomic mass is 16.5. The molecular formula is C13H16N2O2. The highest BCUT2D eigenvalue weighted by Gasteiger charge is 2.10. The van der Waals surface area contributed by atoms with Crippen LogP contribution in [0.25, 0.3) is 0 Å². The van der Waals surface area contributed by atoms with Crippen LogP contribution >= 0.6 is 0 Å². The molecule has 0 aliphatic carbocycles. The number of carbonyl (C=O) groups is 1. The average Bonchev–Trinajstić information content (AvgIpc) is 2.36. The van der Waals surface area contributed by atoms with E-state index >= 15 is 0 Å². The van der Waals surface area contributed by atoms with Crippen LogP contribution in [0.5, 0.6) is 5.75 Å². The molecule has 0 N–H and O–H groups in total. The summed E-state index contributed by atoms with van der Waals surface area (Å²) in [5.74, 6) is 0.673. The molecule has 0 aliphatic heterocycles. The number of nitrogens with zero attached hydrogens (tertiary/aromatic N) is 2. The van der Waals surface area contributed by atoms with E-state index in [-0.39, 0.29) is 5.91 Å². The zero-order chi connectivity index (χ0) is 12.7. The number of hydrogen-bond donors (Lipinski definition) is 0. The van der Waals surface area contributed by atoms with Crippen LogP contribution in [0.15, 0.2) is 24.3 Å². The van der Waals surface area contributed by atoms with Gasteiger partial charge in [0, 0.05) is 19.2 Å². The fourth-order valence-corrected chi connectivity index (χ4v) is 1.40. The minimum absolute atomic E-state index is 0.0803. The lowest BCUT2D eigenvalue weighted by Gasteiger charge is -2.15. The third kappa shape index (κ3) is 3.80. The molecule has 0 aliphatic rings. The zero-order valence-corrected chi connectivity index (χ0v) is 10.1. The van der Waals surface area contributed by atoms with Gasteiger partial charge in [-0.2, -0.15) is 5.26 Å². The van der Waals surface area contributed by atoms with Gasteiger partial charge in [0.15, 0.2) is 0 Å². The lowest BCUT2D eigenvalue weighted by atomic mass is 10.2. The molecule has 0 spiro atoms. The molecule has 0 bridgehead atoms. The summed E-state index contributed by atoms with van der Waals surface area (Å²) < 4.78 is 5.30. The highest BCUT2D eigenvalue weighted by molar-refractivity contribution is 5.94. The molecule has 0 atom stereocenters. The molecule has 0 saturated heterocycles. The molecule has 4 heteroatoms. The standard InChI is InChI=1S/C13H16N2O2/c1-3-17-12-7-5-11(6-8-12)13(16)15(2)10-4-9-14/h5-8H,3-4,10H2,1-2H3. The van der Waals surface area contributed by atoms with Crippen LogP contribution in [-0.4, -0.2) is 31.0 Å². The molecular weight excluding hydrogens is 216 g/mol. The Bertz CT molecular complexity index is 406. The molecule has 0 fully saturated rings. The minimum Gasteiger partial charge on any atom is -0.494 e. The first-order chi connectivity index (χ1) is 8.19. The van der Waals surface area contributed by atoms with Gasteiger partial charge < -0.3 is 9.64 Å². The molecule has 1 aromatic rings. The van der Waals surface area contributed by atoms with Gasteiger partial charge in [-0.15, -0.1) is 0 Å². The first-order valence-electron chi connectivity index (χ1n) is 5.54. The molecule has 1 amide bonds. The topological polar surface area (TPSA) is 53.3 Å². The van der Waals surface area contributed by atoms with Crippen molar-refractivity contribution in [2.45, 2.75) is 13.3 Å². The second kappa shape index (κ2) is 6.54. The number of carbonyl (C=O) groups excluding carboxylic acids is 1. The third-order valence-electron chi connectivity index (χ3n) is 2.32. The summed E-state index contributed by atoms with van der Waals surface area (Å²) in [4.78, 5) is 13.4. The van der Waals surface area contributed by atoms with Crippen molar-refractivity contribution in [1.82, 2.24) is 4.90 Å². The molecule has 1 rings (SSSR count). The van der Waals surface area contributed by atoms with E-state index in [9.17, 15) is 4.79 Å². The van der Waals surface area contributed by atoms with Crippen molar-refractivity contribution in [3.63, 3.8) is 0 Å². The summed E-state index contributed by atoms with van der Waals surface area (Å²) in [6.45, 7) is 2.96. The zero-order valence-electron chi connectivity index (χ0n) is 10.1. The number of benzene rings is 1. The molecule has 0 heterocycles. The van der Waals surface area contributed by atoms with Crippen molar-refractivity contribution in [2.24, 2.45) is 0 Å². The Morgan fingerprint density at radius 2 is 2.06 bits per heavy atom. The maximum atomic E-state index is 11.9. The monoisotopic (exact) mass is 232 g/mol. The van der Waals surface area contributed by atoms with Crippen LogP contribution in [0.4, 0.5) is 0 Å². The first-order valence-corrected chi connectivity index (χ1v) is 5.54. The van der Waals surface area contributed by atoms with E-state index in [1.54, 1.807) is 36.2 Å². The molecule has 0 radical (unpaired) electrons. The van der Waals surface area contributed by atoms with E-state index in [0.717, 1.165) is 5.75 Å². The van der Waals surface area contributed by atoms with Crippen molar-refractivity contribution < 1.29 is 9.53 Å². The van der Waals surface area contributed by atoms with Crippen molar-refractivity contribution in [1.29, 1.82) is 5.26 Å². The quantitative estimate of drug-likeness (QED) is 0.781. The second-order valence-electron chi connectivity index (χ2n) is 3.59. The SMILES string of the molecule is CCOc1ccc(C(=O)N(C)CCC#N)cc1. The summed E-state index contributed by atoms with van der Waals surface area (Å²) in [5.41, 5.74) is 0.605. The Morgan fingerprint density at radius 1 is 1.41 bits per heavy atom. The maximum Gasteiger partial charge on any atom is 0.253 e. The van der Waals surface area contributed by atoms with Crippen molar-refractivity contribution in [2.75, 3.05) is 20.2 Å². The van der Waals surface area contributed by atoms with Gasteiger partial charge in [-0.1, -0.05) is 0 Å². The van der Waals surface area contributed by atoms with Crippen LogP contribution in [0.3, 0.4) is 0 Å². The summed E-state index contributed by atoms with van der Waals surface area (Å²) in [5, 5.41) is 8.46. The lowest BCUT2D eigenvalue weighted by Crippen LogP contribution is -2.27. The number of hydrogen-bond acceptors (Lipinski definition) is 3. The third-order valence-corrected chi connectivity index (χ3v) is 2.32. The predicted octanol–water partition coefficient (Wildman–Crippen LogP) is 2.07. The van der Waals surface area contributed by atoms with Crippen LogP contribution in [0.1, 0.15) is 23.7 Å². The highest BCUT2D eigenvalue weighted by Crippen LogP contribution is 2.13. The number of ether oxygens (including phenoxy) is 1. The summed E-state index contributed by atoms with van der Waals surface area (Å²) >= 11 is 0. The number of nitriles is 1. The van der Waals surface area contributed by atoms with E-state index < -0.39 is 0 Å². The smallest absolute Gasteiger partial charge is 0.253 e. The van der Waals surface area contributed by atoms with Gasteiger partial charge in [-0.25, -0.2) is 0 Å². The van der Waals surface area contributed by atoms with Gasteiger partial charge in [0.1, 0.15) is 5.75 Å². The molecule has 0 unspecified atom stereocenters. The van der Waals surface area contributed by atoms with Gasteiger partial charge in [-0.05, 0) is 31.2 Å². The number of rotatable bonds is 5. The normalized spacial score (nSPS) is 9.47. The van der Waals surface area contributed by atoms with Gasteiger partial charge in [0.25, 0.3) is 5.91 Å². The Morgan fingerprint density at radius 3 is 2.59 bits per heavy atom. The largest absolute Gasteiger partial charge is 0.494 e. The van der Waals surface area contributed by atoms with Gasteiger partial charge in [-0.3, -0.25) is 4.79 Å². The van der Waals surface area contributed by atoms with E-state index in [1.807, 2.05) is 13.0 Å². The molecule has 17 heavy (non-hydrogen) atoms. The minimum atomic E-state index is -0.0803. The van der Waals surface area contributed by atoms with E-state index in [2.05, 4.69) is 0 Å². The van der Waals surface area contributed by atoms with E-state index in [1.165, 1.54) is 0 Å². The fraction of sp³-hybridized carbons (Fsp3) is 0.385. The predicted molar refractivity (Wildman–Crippen MR) is 64.8 cm³/mol. The lowest BCUT2D eigenvalue weighted by molar-refractivity contribution is 0.0798. The van der Waals surface area contributed by atoms with E-state index in [0.29, 0.717) is 25.1 Å². The van der Waals surface area contributed by atoms with Crippen molar-refractivity contribution in [3.8, 4) is 11.8 Å². The summed E-state index contributed by atoms with van der Waals surface area (Å²) in [6.07, 6.45) is 0.346. The van der Waals surface area contributed by atoms with Gasteiger partial charge in [0.2, 0.25) is 0 Å². The van der Waals surface area contributed by atoms with E-state index in [4.69, 9.17) is 10.00 Å². The Kier molecular flexibility index (Phi) is 5.02. The van der Waals surface area contributed by atoms with Crippen LogP contribution in [-0.2, 0) is 0 Å². The first kappa shape index (κ1) is 13.0. The van der Waals surface area contributed by atoms with Crippen molar-refractivity contribution >= 4 is 5.91 Å². The Labute approximate surface area is 101 Å². The van der Waals surface area contributed by atoms with Gasteiger partial charge in [0.05, 0.1) is 19.1 Å². The molecule has 0 saturated carbocycles. The maximum absolute atomic E-state index is 11.9. The molecule has 0 aromatic heterocycles.